The van der Waals surface area contributed by atoms with Crippen LogP contribution in [0.3, 0.4) is 0 Å². The lowest BCUT2D eigenvalue weighted by molar-refractivity contribution is 0.171. The molecule has 31 heavy (non-hydrogen) atoms. The Hall–Kier alpha value is -2.76. The van der Waals surface area contributed by atoms with Crippen molar-refractivity contribution in [3.8, 4) is 17.2 Å². The molecule has 0 radical (unpaired) electrons. The summed E-state index contributed by atoms with van der Waals surface area (Å²) < 4.78 is 17.3. The van der Waals surface area contributed by atoms with E-state index in [1.54, 1.807) is 12.4 Å². The van der Waals surface area contributed by atoms with E-state index in [4.69, 9.17) is 14.2 Å². The van der Waals surface area contributed by atoms with Gasteiger partial charge in [-0.15, -0.1) is 12.4 Å². The maximum absolute atomic E-state index is 5.86. The fourth-order valence-corrected chi connectivity index (χ4v) is 3.57. The number of nitrogens with zero attached hydrogens (tertiary/aromatic N) is 1. The van der Waals surface area contributed by atoms with E-state index in [1.807, 2.05) is 30.3 Å². The monoisotopic (exact) mass is 440 g/mol. The maximum Gasteiger partial charge on any atom is 0.161 e. The number of benzene rings is 2. The van der Waals surface area contributed by atoms with E-state index in [0.29, 0.717) is 25.7 Å². The summed E-state index contributed by atoms with van der Waals surface area (Å²) in [7, 11) is 0. The molecule has 1 atom stereocenters. The lowest BCUT2D eigenvalue weighted by atomic mass is 9.95. The quantitative estimate of drug-likeness (QED) is 0.512. The molecule has 0 bridgehead atoms. The molecule has 1 aliphatic rings. The Morgan fingerprint density at radius 2 is 1.61 bits per heavy atom. The maximum atomic E-state index is 5.86. The number of pyridine rings is 1. The van der Waals surface area contributed by atoms with Crippen molar-refractivity contribution in [2.24, 2.45) is 5.92 Å². The summed E-state index contributed by atoms with van der Waals surface area (Å²) in [5, 5.41) is 3.69. The summed E-state index contributed by atoms with van der Waals surface area (Å²) >= 11 is 0. The van der Waals surface area contributed by atoms with E-state index < -0.39 is 0 Å². The standard InChI is InChI=1S/C25H28N2O3.ClH/c1-18(2)25(21-5-8-23-24(15-21)29-14-13-28-23)27-16-19-3-6-22(7-4-19)30-17-20-9-11-26-12-10-20;/h3-12,15,18,25,27H,13-14,16-17H2,1-2H3;1H. The van der Waals surface area contributed by atoms with E-state index in [0.717, 1.165) is 29.4 Å². The van der Waals surface area contributed by atoms with Crippen LogP contribution >= 0.6 is 12.4 Å². The van der Waals surface area contributed by atoms with Crippen LogP contribution in [0.25, 0.3) is 0 Å². The van der Waals surface area contributed by atoms with Crippen LogP contribution in [0.1, 0.15) is 36.6 Å². The summed E-state index contributed by atoms with van der Waals surface area (Å²) in [5.41, 5.74) is 3.54. The summed E-state index contributed by atoms with van der Waals surface area (Å²) in [6, 6.07) is 18.6. The Labute approximate surface area is 190 Å². The van der Waals surface area contributed by atoms with Gasteiger partial charge in [0.25, 0.3) is 0 Å². The molecule has 5 nitrogen and oxygen atoms in total. The molecule has 1 aromatic heterocycles. The second kappa shape index (κ2) is 11.0. The molecule has 0 saturated carbocycles. The molecule has 0 spiro atoms. The van der Waals surface area contributed by atoms with Crippen molar-refractivity contribution in [3.05, 3.63) is 83.7 Å². The second-order valence-corrected chi connectivity index (χ2v) is 7.79. The average molecular weight is 441 g/mol. The van der Waals surface area contributed by atoms with Crippen molar-refractivity contribution in [3.63, 3.8) is 0 Å². The van der Waals surface area contributed by atoms with Crippen molar-refractivity contribution in [2.45, 2.75) is 33.0 Å². The van der Waals surface area contributed by atoms with Crippen molar-refractivity contribution in [1.82, 2.24) is 10.3 Å². The topological polar surface area (TPSA) is 52.6 Å². The molecule has 2 aromatic carbocycles. The highest BCUT2D eigenvalue weighted by molar-refractivity contribution is 5.85. The predicted molar refractivity (Wildman–Crippen MR) is 124 cm³/mol. The van der Waals surface area contributed by atoms with Gasteiger partial charge in [-0.3, -0.25) is 4.98 Å². The summed E-state index contributed by atoms with van der Waals surface area (Å²) in [5.74, 6) is 2.97. The number of aromatic nitrogens is 1. The molecule has 1 unspecified atom stereocenters. The minimum atomic E-state index is 0. The lowest BCUT2D eigenvalue weighted by Gasteiger charge is -2.25. The highest BCUT2D eigenvalue weighted by Crippen LogP contribution is 2.34. The molecule has 164 valence electrons. The van der Waals surface area contributed by atoms with Gasteiger partial charge in [0, 0.05) is 25.0 Å². The van der Waals surface area contributed by atoms with Crippen LogP contribution in [0.4, 0.5) is 0 Å². The molecule has 6 heteroatoms. The molecule has 2 heterocycles. The van der Waals surface area contributed by atoms with Crippen LogP contribution < -0.4 is 19.5 Å². The highest BCUT2D eigenvalue weighted by Gasteiger charge is 2.19. The van der Waals surface area contributed by atoms with Gasteiger partial charge in [-0.05, 0) is 59.0 Å². The lowest BCUT2D eigenvalue weighted by Crippen LogP contribution is -2.25. The Kier molecular flexibility index (Phi) is 8.15. The molecular weight excluding hydrogens is 412 g/mol. The SMILES string of the molecule is CC(C)C(NCc1ccc(OCc2ccncc2)cc1)c1ccc2c(c1)OCCO2.Cl. The zero-order valence-electron chi connectivity index (χ0n) is 17.9. The summed E-state index contributed by atoms with van der Waals surface area (Å²) in [4.78, 5) is 4.03. The van der Waals surface area contributed by atoms with E-state index in [2.05, 4.69) is 48.4 Å². The Bertz CT molecular complexity index is 949. The fourth-order valence-electron chi connectivity index (χ4n) is 3.57. The van der Waals surface area contributed by atoms with Crippen LogP contribution in [-0.2, 0) is 13.2 Å². The fraction of sp³-hybridized carbons (Fsp3) is 0.320. The van der Waals surface area contributed by atoms with E-state index >= 15 is 0 Å². The van der Waals surface area contributed by atoms with Crippen LogP contribution in [0.5, 0.6) is 17.2 Å². The number of halogens is 1. The van der Waals surface area contributed by atoms with Crippen LogP contribution in [0, 0.1) is 5.92 Å². The highest BCUT2D eigenvalue weighted by atomic mass is 35.5. The minimum Gasteiger partial charge on any atom is -0.489 e. The zero-order chi connectivity index (χ0) is 20.8. The van der Waals surface area contributed by atoms with Crippen molar-refractivity contribution < 1.29 is 14.2 Å². The third-order valence-corrected chi connectivity index (χ3v) is 5.20. The third-order valence-electron chi connectivity index (χ3n) is 5.20. The van der Waals surface area contributed by atoms with Gasteiger partial charge in [-0.25, -0.2) is 0 Å². The first-order valence-corrected chi connectivity index (χ1v) is 10.4. The van der Waals surface area contributed by atoms with Crippen molar-refractivity contribution in [1.29, 1.82) is 0 Å². The van der Waals surface area contributed by atoms with E-state index in [1.165, 1.54) is 11.1 Å². The van der Waals surface area contributed by atoms with Gasteiger partial charge in [-0.2, -0.15) is 0 Å². The van der Waals surface area contributed by atoms with Crippen LogP contribution in [0.2, 0.25) is 0 Å². The summed E-state index contributed by atoms with van der Waals surface area (Å²) in [6.45, 7) is 6.99. The van der Waals surface area contributed by atoms with E-state index in [9.17, 15) is 0 Å². The molecule has 0 fully saturated rings. The number of fused-ring (bicyclic) bond motifs is 1. The Morgan fingerprint density at radius 1 is 0.903 bits per heavy atom. The van der Waals surface area contributed by atoms with Crippen LogP contribution in [0.15, 0.2) is 67.0 Å². The molecule has 3 aromatic rings. The normalized spacial score (nSPS) is 13.4. The largest absolute Gasteiger partial charge is 0.489 e. The van der Waals surface area contributed by atoms with Gasteiger partial charge in [-0.1, -0.05) is 32.0 Å². The van der Waals surface area contributed by atoms with Gasteiger partial charge < -0.3 is 19.5 Å². The van der Waals surface area contributed by atoms with E-state index in [-0.39, 0.29) is 18.4 Å². The molecule has 4 rings (SSSR count). The number of rotatable bonds is 8. The summed E-state index contributed by atoms with van der Waals surface area (Å²) in [6.07, 6.45) is 3.56. The van der Waals surface area contributed by atoms with Gasteiger partial charge in [0.05, 0.1) is 0 Å². The first-order chi connectivity index (χ1) is 14.7. The molecule has 1 N–H and O–H groups in total. The molecule has 0 amide bonds. The van der Waals surface area contributed by atoms with Gasteiger partial charge in [0.2, 0.25) is 0 Å². The van der Waals surface area contributed by atoms with Gasteiger partial charge >= 0.3 is 0 Å². The Balaban J connectivity index is 0.00000272. The number of ether oxygens (including phenoxy) is 3. The zero-order valence-corrected chi connectivity index (χ0v) is 18.7. The second-order valence-electron chi connectivity index (χ2n) is 7.79. The van der Waals surface area contributed by atoms with Gasteiger partial charge in [0.1, 0.15) is 25.6 Å². The van der Waals surface area contributed by atoms with Crippen molar-refractivity contribution >= 4 is 12.4 Å². The predicted octanol–water partition coefficient (Wildman–Crippen LogP) is 5.34. The van der Waals surface area contributed by atoms with Gasteiger partial charge in [0.15, 0.2) is 11.5 Å². The molecule has 0 aliphatic carbocycles. The first-order valence-electron chi connectivity index (χ1n) is 10.4. The Morgan fingerprint density at radius 3 is 2.32 bits per heavy atom. The molecule has 1 aliphatic heterocycles. The van der Waals surface area contributed by atoms with Crippen molar-refractivity contribution in [2.75, 3.05) is 13.2 Å². The smallest absolute Gasteiger partial charge is 0.161 e. The molecular formula is C25H29ClN2O3. The minimum absolute atomic E-state index is 0. The first kappa shape index (κ1) is 22.9. The molecule has 0 saturated heterocycles. The third kappa shape index (κ3) is 6.12. The average Bonchev–Trinajstić information content (AvgIpc) is 2.79. The number of nitrogens with one attached hydrogen (secondary N) is 1. The van der Waals surface area contributed by atoms with Crippen LogP contribution in [-0.4, -0.2) is 18.2 Å². The number of hydrogen-bond donors (Lipinski definition) is 1. The number of hydrogen-bond acceptors (Lipinski definition) is 5.